The van der Waals surface area contributed by atoms with Crippen molar-refractivity contribution < 1.29 is 9.59 Å². The molecule has 0 saturated carbocycles. The number of rotatable bonds is 7. The van der Waals surface area contributed by atoms with Gasteiger partial charge in [-0.15, -0.1) is 0 Å². The quantitative estimate of drug-likeness (QED) is 0.567. The van der Waals surface area contributed by atoms with Crippen LogP contribution >= 0.6 is 0 Å². The standard InChI is InChI=1S/C14H22N4O2/c1-10(17-13(19)4-2-3-9-15)11-5-7-12(8-6-11)18-14(16)20/h5-8,10H,2-4,9,15H2,1H3,(H,17,19)(H3,16,18,20). The molecule has 0 saturated heterocycles. The van der Waals surface area contributed by atoms with Crippen LogP contribution in [0, 0.1) is 0 Å². The maximum atomic E-state index is 11.7. The Morgan fingerprint density at radius 3 is 2.40 bits per heavy atom. The summed E-state index contributed by atoms with van der Waals surface area (Å²) in [6.07, 6.45) is 2.15. The fourth-order valence-corrected chi connectivity index (χ4v) is 1.82. The molecule has 20 heavy (non-hydrogen) atoms. The van der Waals surface area contributed by atoms with Crippen LogP contribution < -0.4 is 22.1 Å². The predicted octanol–water partition coefficient (Wildman–Crippen LogP) is 1.48. The molecule has 1 unspecified atom stereocenters. The molecular formula is C14H22N4O2. The third-order valence-corrected chi connectivity index (χ3v) is 2.91. The second-order valence-corrected chi connectivity index (χ2v) is 4.65. The number of nitrogens with two attached hydrogens (primary N) is 2. The van der Waals surface area contributed by atoms with Gasteiger partial charge in [0.15, 0.2) is 0 Å². The van der Waals surface area contributed by atoms with Crippen molar-refractivity contribution in [3.8, 4) is 0 Å². The highest BCUT2D eigenvalue weighted by Crippen LogP contribution is 2.16. The van der Waals surface area contributed by atoms with E-state index in [2.05, 4.69) is 10.6 Å². The lowest BCUT2D eigenvalue weighted by atomic mass is 10.1. The highest BCUT2D eigenvalue weighted by molar-refractivity contribution is 5.87. The number of primary amides is 1. The number of carbonyl (C=O) groups is 2. The molecule has 0 aromatic heterocycles. The van der Waals surface area contributed by atoms with E-state index >= 15 is 0 Å². The van der Waals surface area contributed by atoms with Gasteiger partial charge in [-0.2, -0.15) is 0 Å². The summed E-state index contributed by atoms with van der Waals surface area (Å²) in [4.78, 5) is 22.4. The first-order valence-electron chi connectivity index (χ1n) is 6.68. The van der Waals surface area contributed by atoms with Crippen molar-refractivity contribution in [2.45, 2.75) is 32.2 Å². The number of nitrogens with one attached hydrogen (secondary N) is 2. The van der Waals surface area contributed by atoms with Crippen LogP contribution in [0.25, 0.3) is 0 Å². The van der Waals surface area contributed by atoms with Gasteiger partial charge < -0.3 is 22.1 Å². The van der Waals surface area contributed by atoms with Crippen molar-refractivity contribution in [2.24, 2.45) is 11.5 Å². The number of amides is 3. The van der Waals surface area contributed by atoms with Crippen molar-refractivity contribution in [3.05, 3.63) is 29.8 Å². The van der Waals surface area contributed by atoms with Gasteiger partial charge in [-0.1, -0.05) is 12.1 Å². The van der Waals surface area contributed by atoms with Crippen LogP contribution in [0.2, 0.25) is 0 Å². The topological polar surface area (TPSA) is 110 Å². The van der Waals surface area contributed by atoms with Crippen LogP contribution in [0.5, 0.6) is 0 Å². The molecule has 0 spiro atoms. The lowest BCUT2D eigenvalue weighted by molar-refractivity contribution is -0.121. The summed E-state index contributed by atoms with van der Waals surface area (Å²) in [5.41, 5.74) is 12.0. The maximum Gasteiger partial charge on any atom is 0.316 e. The molecule has 6 nitrogen and oxygen atoms in total. The Bertz CT molecular complexity index is 445. The fourth-order valence-electron chi connectivity index (χ4n) is 1.82. The maximum absolute atomic E-state index is 11.7. The molecule has 1 aromatic rings. The molecule has 3 amide bonds. The molecule has 1 rings (SSSR count). The summed E-state index contributed by atoms with van der Waals surface area (Å²) in [7, 11) is 0. The molecule has 0 fully saturated rings. The lowest BCUT2D eigenvalue weighted by Gasteiger charge is -2.15. The van der Waals surface area contributed by atoms with Gasteiger partial charge in [0.05, 0.1) is 6.04 Å². The summed E-state index contributed by atoms with van der Waals surface area (Å²) in [6, 6.07) is 6.50. The van der Waals surface area contributed by atoms with Gasteiger partial charge in [0.1, 0.15) is 0 Å². The van der Waals surface area contributed by atoms with Gasteiger partial charge in [-0.3, -0.25) is 4.79 Å². The highest BCUT2D eigenvalue weighted by Gasteiger charge is 2.09. The second-order valence-electron chi connectivity index (χ2n) is 4.65. The van der Waals surface area contributed by atoms with Crippen LogP contribution in [-0.2, 0) is 4.79 Å². The molecule has 0 aliphatic carbocycles. The molecule has 6 N–H and O–H groups in total. The summed E-state index contributed by atoms with van der Waals surface area (Å²) in [5.74, 6) is 0.0188. The molecular weight excluding hydrogens is 256 g/mol. The number of benzene rings is 1. The van der Waals surface area contributed by atoms with Crippen LogP contribution in [0.1, 0.15) is 37.8 Å². The average Bonchev–Trinajstić information content (AvgIpc) is 2.39. The van der Waals surface area contributed by atoms with Crippen LogP contribution in [0.4, 0.5) is 10.5 Å². The minimum absolute atomic E-state index is 0.0188. The number of hydrogen-bond donors (Lipinski definition) is 4. The molecule has 0 bridgehead atoms. The summed E-state index contributed by atoms with van der Waals surface area (Å²) >= 11 is 0. The zero-order chi connectivity index (χ0) is 15.0. The Morgan fingerprint density at radius 2 is 1.85 bits per heavy atom. The summed E-state index contributed by atoms with van der Waals surface area (Å²) in [5, 5.41) is 5.41. The van der Waals surface area contributed by atoms with E-state index in [0.717, 1.165) is 18.4 Å². The Balaban J connectivity index is 2.48. The first kappa shape index (κ1) is 16.0. The summed E-state index contributed by atoms with van der Waals surface area (Å²) < 4.78 is 0. The normalized spacial score (nSPS) is 11.7. The van der Waals surface area contributed by atoms with Crippen LogP contribution in [-0.4, -0.2) is 18.5 Å². The van der Waals surface area contributed by atoms with E-state index in [-0.39, 0.29) is 11.9 Å². The van der Waals surface area contributed by atoms with Gasteiger partial charge in [-0.05, 0) is 44.0 Å². The second kappa shape index (κ2) is 8.16. The molecule has 0 aliphatic rings. The molecule has 6 heteroatoms. The number of anilines is 1. The smallest absolute Gasteiger partial charge is 0.316 e. The molecule has 0 aliphatic heterocycles. The third-order valence-electron chi connectivity index (χ3n) is 2.91. The zero-order valence-electron chi connectivity index (χ0n) is 11.7. The number of urea groups is 1. The molecule has 0 radical (unpaired) electrons. The van der Waals surface area contributed by atoms with Crippen molar-refractivity contribution >= 4 is 17.6 Å². The monoisotopic (exact) mass is 278 g/mol. The predicted molar refractivity (Wildman–Crippen MR) is 79.1 cm³/mol. The third kappa shape index (κ3) is 5.71. The Labute approximate surface area is 118 Å². The van der Waals surface area contributed by atoms with E-state index in [1.54, 1.807) is 12.1 Å². The van der Waals surface area contributed by atoms with Gasteiger partial charge >= 0.3 is 6.03 Å². The molecule has 1 atom stereocenters. The Morgan fingerprint density at radius 1 is 1.20 bits per heavy atom. The van der Waals surface area contributed by atoms with Gasteiger partial charge in [0.25, 0.3) is 0 Å². The number of carbonyl (C=O) groups excluding carboxylic acids is 2. The minimum atomic E-state index is -0.598. The SMILES string of the molecule is CC(NC(=O)CCCCN)c1ccc(NC(N)=O)cc1. The zero-order valence-corrected chi connectivity index (χ0v) is 11.7. The van der Waals surface area contributed by atoms with E-state index in [4.69, 9.17) is 11.5 Å². The lowest BCUT2D eigenvalue weighted by Crippen LogP contribution is -2.26. The first-order valence-corrected chi connectivity index (χ1v) is 6.68. The van der Waals surface area contributed by atoms with Crippen molar-refractivity contribution in [1.82, 2.24) is 5.32 Å². The fraction of sp³-hybridized carbons (Fsp3) is 0.429. The van der Waals surface area contributed by atoms with Gasteiger partial charge in [0, 0.05) is 12.1 Å². The number of unbranched alkanes of at least 4 members (excludes halogenated alkanes) is 1. The molecule has 1 aromatic carbocycles. The van der Waals surface area contributed by atoms with Crippen LogP contribution in [0.15, 0.2) is 24.3 Å². The van der Waals surface area contributed by atoms with E-state index in [1.165, 1.54) is 0 Å². The first-order chi connectivity index (χ1) is 9.52. The van der Waals surface area contributed by atoms with E-state index in [9.17, 15) is 9.59 Å². The largest absolute Gasteiger partial charge is 0.351 e. The van der Waals surface area contributed by atoms with E-state index < -0.39 is 6.03 Å². The highest BCUT2D eigenvalue weighted by atomic mass is 16.2. The van der Waals surface area contributed by atoms with Crippen LogP contribution in [0.3, 0.4) is 0 Å². The van der Waals surface area contributed by atoms with Crippen molar-refractivity contribution in [1.29, 1.82) is 0 Å². The average molecular weight is 278 g/mol. The Hall–Kier alpha value is -2.08. The Kier molecular flexibility index (Phi) is 6.52. The van der Waals surface area contributed by atoms with Gasteiger partial charge in [-0.25, -0.2) is 4.79 Å². The van der Waals surface area contributed by atoms with E-state index in [0.29, 0.717) is 18.7 Å². The van der Waals surface area contributed by atoms with Crippen molar-refractivity contribution in [3.63, 3.8) is 0 Å². The van der Waals surface area contributed by atoms with E-state index in [1.807, 2.05) is 19.1 Å². The molecule has 0 heterocycles. The minimum Gasteiger partial charge on any atom is -0.351 e. The van der Waals surface area contributed by atoms with Gasteiger partial charge in [0.2, 0.25) is 5.91 Å². The number of hydrogen-bond acceptors (Lipinski definition) is 3. The summed E-state index contributed by atoms with van der Waals surface area (Å²) in [6.45, 7) is 2.52. The molecule has 110 valence electrons. The van der Waals surface area contributed by atoms with Crippen molar-refractivity contribution in [2.75, 3.05) is 11.9 Å².